The number of benzene rings is 2. The fourth-order valence-corrected chi connectivity index (χ4v) is 5.03. The van der Waals surface area contributed by atoms with Crippen LogP contribution in [0.2, 0.25) is 0 Å². The van der Waals surface area contributed by atoms with Crippen LogP contribution in [0.5, 0.6) is 0 Å². The lowest BCUT2D eigenvalue weighted by Crippen LogP contribution is -2.56. The summed E-state index contributed by atoms with van der Waals surface area (Å²) >= 11 is 4.93. The van der Waals surface area contributed by atoms with E-state index in [1.165, 1.54) is 11.8 Å². The monoisotopic (exact) mass is 635 g/mol. The van der Waals surface area contributed by atoms with Crippen molar-refractivity contribution in [2.45, 2.75) is 89.1 Å². The summed E-state index contributed by atoms with van der Waals surface area (Å²) in [6, 6.07) is 14.8. The summed E-state index contributed by atoms with van der Waals surface area (Å²) in [5.41, 5.74) is 0.117. The first kappa shape index (κ1) is 33.6. The first-order chi connectivity index (χ1) is 18.7. The third kappa shape index (κ3) is 12.7. The van der Waals surface area contributed by atoms with Crippen molar-refractivity contribution in [3.8, 4) is 0 Å². The Morgan fingerprint density at radius 2 is 1.55 bits per heavy atom. The summed E-state index contributed by atoms with van der Waals surface area (Å²) in [4.78, 5) is 39.8. The van der Waals surface area contributed by atoms with Crippen LogP contribution in [0.3, 0.4) is 0 Å². The van der Waals surface area contributed by atoms with Gasteiger partial charge in [-0.2, -0.15) is 0 Å². The standard InChI is InChI=1S/C30H42BrN3O5S/c1-19(2)16-24(26(35)18-40-23-14-12-22(31)13-15-23)33-27(36)20(3)32-28(37)25(17-21-10-8-7-9-11-21)34-29(38)39-30(4,5)6/h7-15,19-20,24-26,35H,16-18H2,1-6H3,(H,32,37)(H,33,36)(H,34,38)/t20-,24+,25-,26+/m0/s1. The Labute approximate surface area is 250 Å². The van der Waals surface area contributed by atoms with Crippen LogP contribution in [-0.4, -0.2) is 58.6 Å². The zero-order valence-corrected chi connectivity index (χ0v) is 26.5. The molecule has 0 fully saturated rings. The molecule has 3 amide bonds. The minimum Gasteiger partial charge on any atom is -0.444 e. The zero-order valence-electron chi connectivity index (χ0n) is 24.1. The Kier molecular flexibility index (Phi) is 13.5. The molecule has 2 aromatic carbocycles. The number of hydrogen-bond acceptors (Lipinski definition) is 6. The Morgan fingerprint density at radius 1 is 0.925 bits per heavy atom. The van der Waals surface area contributed by atoms with Gasteiger partial charge in [-0.1, -0.05) is 60.1 Å². The molecular formula is C30H42BrN3O5S. The average molecular weight is 637 g/mol. The Morgan fingerprint density at radius 3 is 2.12 bits per heavy atom. The highest BCUT2D eigenvalue weighted by Gasteiger charge is 2.29. The highest BCUT2D eigenvalue weighted by Crippen LogP contribution is 2.23. The van der Waals surface area contributed by atoms with Crippen LogP contribution < -0.4 is 16.0 Å². The van der Waals surface area contributed by atoms with Gasteiger partial charge in [0, 0.05) is 21.5 Å². The molecule has 0 spiro atoms. The molecule has 0 saturated carbocycles. The summed E-state index contributed by atoms with van der Waals surface area (Å²) < 4.78 is 6.32. The second kappa shape index (κ2) is 16.0. The molecule has 8 nitrogen and oxygen atoms in total. The van der Waals surface area contributed by atoms with E-state index < -0.39 is 47.7 Å². The van der Waals surface area contributed by atoms with E-state index in [0.29, 0.717) is 12.2 Å². The highest BCUT2D eigenvalue weighted by molar-refractivity contribution is 9.10. The van der Waals surface area contributed by atoms with Crippen molar-refractivity contribution in [1.29, 1.82) is 0 Å². The second-order valence-electron chi connectivity index (χ2n) is 11.2. The quantitative estimate of drug-likeness (QED) is 0.228. The third-order valence-electron chi connectivity index (χ3n) is 5.79. The van der Waals surface area contributed by atoms with E-state index in [2.05, 4.69) is 31.9 Å². The van der Waals surface area contributed by atoms with E-state index in [0.717, 1.165) is 14.9 Å². The van der Waals surface area contributed by atoms with Gasteiger partial charge in [-0.05, 0) is 69.9 Å². The molecule has 0 unspecified atom stereocenters. The number of amides is 3. The number of rotatable bonds is 13. The normalized spacial score (nSPS) is 14.5. The van der Waals surface area contributed by atoms with Gasteiger partial charge in [0.05, 0.1) is 12.1 Å². The van der Waals surface area contributed by atoms with E-state index in [1.807, 2.05) is 68.4 Å². The molecule has 0 aromatic heterocycles. The molecule has 0 aliphatic rings. The van der Waals surface area contributed by atoms with E-state index >= 15 is 0 Å². The molecule has 0 radical (unpaired) electrons. The number of thioether (sulfide) groups is 1. The van der Waals surface area contributed by atoms with Gasteiger partial charge in [-0.15, -0.1) is 11.8 Å². The van der Waals surface area contributed by atoms with Gasteiger partial charge < -0.3 is 25.8 Å². The Bertz CT molecular complexity index is 1090. The average Bonchev–Trinajstić information content (AvgIpc) is 2.86. The fourth-order valence-electron chi connectivity index (χ4n) is 3.84. The van der Waals surface area contributed by atoms with Crippen molar-refractivity contribution in [2.24, 2.45) is 5.92 Å². The molecule has 4 N–H and O–H groups in total. The van der Waals surface area contributed by atoms with Crippen molar-refractivity contribution in [2.75, 3.05) is 5.75 Å². The van der Waals surface area contributed by atoms with Crippen LogP contribution in [0.1, 0.15) is 53.5 Å². The summed E-state index contributed by atoms with van der Waals surface area (Å²) in [6.45, 7) is 10.8. The molecule has 2 rings (SSSR count). The summed E-state index contributed by atoms with van der Waals surface area (Å²) in [5, 5.41) is 19.2. The Hall–Kier alpha value is -2.56. The molecule has 2 aromatic rings. The maximum absolute atomic E-state index is 13.2. The number of aliphatic hydroxyl groups is 1. The SMILES string of the molecule is CC(C)C[C@@H](NC(=O)[C@H](C)NC(=O)[C@H](Cc1ccccc1)NC(=O)OC(C)(C)C)[C@H](O)CSc1ccc(Br)cc1. The first-order valence-electron chi connectivity index (χ1n) is 13.4. The van der Waals surface area contributed by atoms with Gasteiger partial charge in [0.15, 0.2) is 0 Å². The van der Waals surface area contributed by atoms with Crippen molar-refractivity contribution in [3.05, 3.63) is 64.6 Å². The number of hydrogen-bond donors (Lipinski definition) is 4. The van der Waals surface area contributed by atoms with E-state index in [1.54, 1.807) is 27.7 Å². The van der Waals surface area contributed by atoms with Crippen LogP contribution >= 0.6 is 27.7 Å². The topological polar surface area (TPSA) is 117 Å². The molecule has 0 aliphatic heterocycles. The first-order valence-corrected chi connectivity index (χ1v) is 15.2. The number of halogens is 1. The minimum absolute atomic E-state index is 0.224. The van der Waals surface area contributed by atoms with Crippen molar-refractivity contribution < 1.29 is 24.2 Å². The predicted octanol–water partition coefficient (Wildman–Crippen LogP) is 5.07. The predicted molar refractivity (Wildman–Crippen MR) is 163 cm³/mol. The van der Waals surface area contributed by atoms with Gasteiger partial charge >= 0.3 is 6.09 Å². The number of carbonyl (C=O) groups excluding carboxylic acids is 3. The highest BCUT2D eigenvalue weighted by atomic mass is 79.9. The summed E-state index contributed by atoms with van der Waals surface area (Å²) in [5.74, 6) is -0.290. The molecular weight excluding hydrogens is 594 g/mol. The summed E-state index contributed by atoms with van der Waals surface area (Å²) in [6.07, 6.45) is -0.709. The van der Waals surface area contributed by atoms with Gasteiger partial charge in [0.25, 0.3) is 0 Å². The zero-order chi connectivity index (χ0) is 29.9. The van der Waals surface area contributed by atoms with Crippen LogP contribution in [0.25, 0.3) is 0 Å². The lowest BCUT2D eigenvalue weighted by Gasteiger charge is -2.28. The van der Waals surface area contributed by atoms with Crippen LogP contribution in [-0.2, 0) is 20.7 Å². The molecule has 40 heavy (non-hydrogen) atoms. The lowest BCUT2D eigenvalue weighted by atomic mass is 9.99. The molecule has 0 bridgehead atoms. The number of alkyl carbamates (subject to hydrolysis) is 1. The van der Waals surface area contributed by atoms with Gasteiger partial charge in [0.1, 0.15) is 17.7 Å². The van der Waals surface area contributed by atoms with Gasteiger partial charge in [0.2, 0.25) is 11.8 Å². The van der Waals surface area contributed by atoms with Crippen LogP contribution in [0.4, 0.5) is 4.79 Å². The van der Waals surface area contributed by atoms with E-state index in [4.69, 9.17) is 4.74 Å². The van der Waals surface area contributed by atoms with Gasteiger partial charge in [-0.3, -0.25) is 9.59 Å². The number of nitrogens with one attached hydrogen (secondary N) is 3. The Balaban J connectivity index is 2.04. The minimum atomic E-state index is -0.952. The number of ether oxygens (including phenoxy) is 1. The van der Waals surface area contributed by atoms with Crippen molar-refractivity contribution in [3.63, 3.8) is 0 Å². The molecule has 0 heterocycles. The molecule has 4 atom stereocenters. The molecule has 0 aliphatic carbocycles. The smallest absolute Gasteiger partial charge is 0.408 e. The number of carbonyl (C=O) groups is 3. The molecule has 0 saturated heterocycles. The molecule has 220 valence electrons. The molecule has 10 heteroatoms. The van der Waals surface area contributed by atoms with Gasteiger partial charge in [-0.25, -0.2) is 4.79 Å². The summed E-state index contributed by atoms with van der Waals surface area (Å²) in [7, 11) is 0. The number of aliphatic hydroxyl groups excluding tert-OH is 1. The third-order valence-corrected chi connectivity index (χ3v) is 7.44. The maximum atomic E-state index is 13.2. The second-order valence-corrected chi connectivity index (χ2v) is 13.2. The maximum Gasteiger partial charge on any atom is 0.408 e. The van der Waals surface area contributed by atoms with Crippen molar-refractivity contribution in [1.82, 2.24) is 16.0 Å². The largest absolute Gasteiger partial charge is 0.444 e. The van der Waals surface area contributed by atoms with Crippen LogP contribution in [0.15, 0.2) is 64.0 Å². The van der Waals surface area contributed by atoms with Crippen molar-refractivity contribution >= 4 is 45.6 Å². The lowest BCUT2D eigenvalue weighted by molar-refractivity contribution is -0.130. The van der Waals surface area contributed by atoms with E-state index in [-0.39, 0.29) is 12.3 Å². The van der Waals surface area contributed by atoms with Crippen LogP contribution in [0, 0.1) is 5.92 Å². The fraction of sp³-hybridized carbons (Fsp3) is 0.500. The van der Waals surface area contributed by atoms with E-state index in [9.17, 15) is 19.5 Å².